The lowest BCUT2D eigenvalue weighted by atomic mass is 9.76. The number of halogens is 1. The Morgan fingerprint density at radius 3 is 2.68 bits per heavy atom. The molecule has 28 heavy (non-hydrogen) atoms. The first-order chi connectivity index (χ1) is 13.2. The number of likely N-dealkylation sites (tertiary alicyclic amines) is 1. The molecule has 5 atom stereocenters. The third kappa shape index (κ3) is 2.39. The number of benzene rings is 1. The zero-order valence-electron chi connectivity index (χ0n) is 15.5. The Labute approximate surface area is 170 Å². The van der Waals surface area contributed by atoms with Crippen molar-refractivity contribution in [1.82, 2.24) is 10.2 Å². The molecule has 1 aromatic carbocycles. The first kappa shape index (κ1) is 19.1. The molecule has 3 aliphatic heterocycles. The van der Waals surface area contributed by atoms with E-state index >= 15 is 0 Å². The molecule has 3 aliphatic rings. The van der Waals surface area contributed by atoms with E-state index < -0.39 is 35.2 Å². The van der Waals surface area contributed by atoms with Gasteiger partial charge in [-0.05, 0) is 31.5 Å². The number of carbonyl (C=O) groups excluding carboxylic acids is 4. The van der Waals surface area contributed by atoms with Crippen molar-refractivity contribution in [2.24, 2.45) is 17.6 Å². The summed E-state index contributed by atoms with van der Waals surface area (Å²) in [5, 5.41) is 5.99. The van der Waals surface area contributed by atoms with Crippen LogP contribution < -0.4 is 16.4 Å². The second-order valence-electron chi connectivity index (χ2n) is 7.68. The van der Waals surface area contributed by atoms with Crippen LogP contribution in [0.3, 0.4) is 0 Å². The maximum Gasteiger partial charge on any atom is 0.250 e. The Morgan fingerprint density at radius 2 is 2.04 bits per heavy atom. The minimum atomic E-state index is -1.40. The van der Waals surface area contributed by atoms with Gasteiger partial charge in [-0.3, -0.25) is 29.4 Å². The molecular weight excluding hydrogens is 428 g/mol. The molecule has 2 fully saturated rings. The van der Waals surface area contributed by atoms with E-state index in [1.807, 2.05) is 6.92 Å². The Morgan fingerprint density at radius 1 is 1.32 bits per heavy atom. The third-order valence-electron chi connectivity index (χ3n) is 6.16. The van der Waals surface area contributed by atoms with E-state index in [2.05, 4.69) is 26.6 Å². The Balaban J connectivity index is 1.90. The van der Waals surface area contributed by atoms with Crippen LogP contribution in [0.2, 0.25) is 0 Å². The number of nitrogens with one attached hydrogen (secondary N) is 2. The molecule has 4 rings (SSSR count). The van der Waals surface area contributed by atoms with Gasteiger partial charge in [-0.15, -0.1) is 0 Å². The quantitative estimate of drug-likeness (QED) is 0.589. The summed E-state index contributed by atoms with van der Waals surface area (Å²) in [5.74, 6) is -3.46. The number of nitrogens with two attached hydrogens (primary N) is 1. The van der Waals surface area contributed by atoms with Crippen molar-refractivity contribution in [3.05, 3.63) is 28.2 Å². The smallest absolute Gasteiger partial charge is 0.250 e. The van der Waals surface area contributed by atoms with E-state index in [0.717, 1.165) is 4.47 Å². The topological polar surface area (TPSA) is 122 Å². The molecule has 1 spiro atoms. The average molecular weight is 449 g/mol. The van der Waals surface area contributed by atoms with Crippen molar-refractivity contribution in [3.8, 4) is 0 Å². The van der Waals surface area contributed by atoms with E-state index in [9.17, 15) is 19.2 Å². The monoisotopic (exact) mass is 448 g/mol. The zero-order chi connectivity index (χ0) is 20.4. The summed E-state index contributed by atoms with van der Waals surface area (Å²) in [5.41, 5.74) is 5.18. The van der Waals surface area contributed by atoms with Crippen LogP contribution in [0, 0.1) is 11.8 Å². The van der Waals surface area contributed by atoms with Crippen LogP contribution in [0.5, 0.6) is 0 Å². The standard InChI is InChI=1S/C19H21BrN4O4/c1-3-8(2)24-16(26)14-12(7-13(21)25)23-19(15(14)17(24)27)10-6-9(20)4-5-11(10)22-18(19)28/h4-6,8,12,14-15,23H,3,7H2,1-2H3,(H2,21,25)(H,22,28)/t8-,12+,14+,15-,19-/m0/s1. The summed E-state index contributed by atoms with van der Waals surface area (Å²) in [6.45, 7) is 3.70. The highest BCUT2D eigenvalue weighted by Gasteiger charge is 2.70. The summed E-state index contributed by atoms with van der Waals surface area (Å²) in [6, 6.07) is 4.33. The van der Waals surface area contributed by atoms with Gasteiger partial charge in [0, 0.05) is 34.2 Å². The van der Waals surface area contributed by atoms with Crippen molar-refractivity contribution < 1.29 is 19.2 Å². The average Bonchev–Trinajstić information content (AvgIpc) is 3.20. The molecule has 4 N–H and O–H groups in total. The van der Waals surface area contributed by atoms with Crippen LogP contribution >= 0.6 is 15.9 Å². The van der Waals surface area contributed by atoms with Crippen molar-refractivity contribution in [3.63, 3.8) is 0 Å². The number of carbonyl (C=O) groups is 4. The fourth-order valence-corrected chi connectivity index (χ4v) is 5.17. The molecule has 0 radical (unpaired) electrons. The maximum absolute atomic E-state index is 13.4. The second kappa shape index (κ2) is 6.38. The van der Waals surface area contributed by atoms with Gasteiger partial charge >= 0.3 is 0 Å². The minimum Gasteiger partial charge on any atom is -0.370 e. The number of fused-ring (bicyclic) bond motifs is 4. The van der Waals surface area contributed by atoms with Gasteiger partial charge in [0.25, 0.3) is 0 Å². The molecule has 2 saturated heterocycles. The fourth-order valence-electron chi connectivity index (χ4n) is 4.80. The summed E-state index contributed by atoms with van der Waals surface area (Å²) >= 11 is 3.41. The number of amides is 4. The van der Waals surface area contributed by atoms with Crippen molar-refractivity contribution in [2.75, 3.05) is 5.32 Å². The molecule has 1 aromatic rings. The number of hydrogen-bond acceptors (Lipinski definition) is 5. The Kier molecular flexibility index (Phi) is 4.35. The SMILES string of the molecule is CC[C@H](C)N1C(=O)[C@H]2[C@@H](C1=O)[C@]1(N[C@@H]2CC(N)=O)C(=O)Nc2ccc(Br)cc21. The molecule has 0 aromatic heterocycles. The molecular formula is C19H21BrN4O4. The molecule has 0 unspecified atom stereocenters. The van der Waals surface area contributed by atoms with Crippen LogP contribution in [0.25, 0.3) is 0 Å². The lowest BCUT2D eigenvalue weighted by Crippen LogP contribution is -2.54. The van der Waals surface area contributed by atoms with E-state index in [0.29, 0.717) is 17.7 Å². The van der Waals surface area contributed by atoms with Gasteiger partial charge in [-0.25, -0.2) is 0 Å². The Bertz CT molecular complexity index is 919. The molecule has 9 heteroatoms. The predicted molar refractivity (Wildman–Crippen MR) is 104 cm³/mol. The van der Waals surface area contributed by atoms with Gasteiger partial charge < -0.3 is 11.1 Å². The minimum absolute atomic E-state index is 0.132. The molecule has 148 valence electrons. The highest BCUT2D eigenvalue weighted by Crippen LogP contribution is 2.54. The summed E-state index contributed by atoms with van der Waals surface area (Å²) in [7, 11) is 0. The number of nitrogens with zero attached hydrogens (tertiary/aromatic N) is 1. The zero-order valence-corrected chi connectivity index (χ0v) is 17.1. The largest absolute Gasteiger partial charge is 0.370 e. The van der Waals surface area contributed by atoms with Crippen molar-refractivity contribution in [2.45, 2.75) is 44.3 Å². The number of primary amides is 1. The summed E-state index contributed by atoms with van der Waals surface area (Å²) in [6.07, 6.45) is 0.471. The van der Waals surface area contributed by atoms with Crippen LogP contribution in [0.4, 0.5) is 5.69 Å². The molecule has 8 nitrogen and oxygen atoms in total. The van der Waals surface area contributed by atoms with Crippen LogP contribution in [0.15, 0.2) is 22.7 Å². The first-order valence-electron chi connectivity index (χ1n) is 9.26. The van der Waals surface area contributed by atoms with Gasteiger partial charge in [-0.1, -0.05) is 22.9 Å². The van der Waals surface area contributed by atoms with Gasteiger partial charge in [0.15, 0.2) is 0 Å². The second-order valence-corrected chi connectivity index (χ2v) is 8.60. The van der Waals surface area contributed by atoms with Gasteiger partial charge in [0.05, 0.1) is 11.8 Å². The van der Waals surface area contributed by atoms with E-state index in [1.165, 1.54) is 4.90 Å². The molecule has 0 saturated carbocycles. The van der Waals surface area contributed by atoms with Crippen LogP contribution in [-0.2, 0) is 24.7 Å². The molecule has 4 amide bonds. The van der Waals surface area contributed by atoms with Crippen LogP contribution in [-0.4, -0.2) is 40.6 Å². The molecule has 0 aliphatic carbocycles. The molecule has 3 heterocycles. The number of imide groups is 1. The normalized spacial score (nSPS) is 31.9. The Hall–Kier alpha value is -2.26. The maximum atomic E-state index is 13.4. The lowest BCUT2D eigenvalue weighted by molar-refractivity contribution is -0.145. The first-order valence-corrected chi connectivity index (χ1v) is 10.1. The summed E-state index contributed by atoms with van der Waals surface area (Å²) < 4.78 is 0.745. The van der Waals surface area contributed by atoms with Gasteiger partial charge in [0.1, 0.15) is 5.54 Å². The van der Waals surface area contributed by atoms with E-state index in [-0.39, 0.29) is 24.3 Å². The lowest BCUT2D eigenvalue weighted by Gasteiger charge is -2.31. The summed E-state index contributed by atoms with van der Waals surface area (Å²) in [4.78, 5) is 52.6. The van der Waals surface area contributed by atoms with Crippen LogP contribution in [0.1, 0.15) is 32.3 Å². The van der Waals surface area contributed by atoms with Crippen molar-refractivity contribution in [1.29, 1.82) is 0 Å². The highest BCUT2D eigenvalue weighted by atomic mass is 79.9. The van der Waals surface area contributed by atoms with E-state index in [4.69, 9.17) is 5.73 Å². The van der Waals surface area contributed by atoms with Gasteiger partial charge in [0.2, 0.25) is 23.6 Å². The number of anilines is 1. The highest BCUT2D eigenvalue weighted by molar-refractivity contribution is 9.10. The number of hydrogen-bond donors (Lipinski definition) is 3. The fraction of sp³-hybridized carbons (Fsp3) is 0.474. The van der Waals surface area contributed by atoms with Gasteiger partial charge in [-0.2, -0.15) is 0 Å². The molecule has 0 bridgehead atoms. The number of rotatable bonds is 4. The van der Waals surface area contributed by atoms with Crippen molar-refractivity contribution >= 4 is 45.2 Å². The van der Waals surface area contributed by atoms with E-state index in [1.54, 1.807) is 25.1 Å². The predicted octanol–water partition coefficient (Wildman–Crippen LogP) is 0.843. The third-order valence-corrected chi connectivity index (χ3v) is 6.66.